The third-order valence-corrected chi connectivity index (χ3v) is 7.90. The van der Waals surface area contributed by atoms with E-state index >= 15 is 0 Å². The molecule has 30 heavy (non-hydrogen) atoms. The van der Waals surface area contributed by atoms with Crippen molar-refractivity contribution in [2.24, 2.45) is 4.99 Å². The number of amidine groups is 1. The fraction of sp³-hybridized carbons (Fsp3) is 0.550. The van der Waals surface area contributed by atoms with Gasteiger partial charge in [0.05, 0.1) is 17.5 Å². The van der Waals surface area contributed by atoms with Gasteiger partial charge in [0.2, 0.25) is 0 Å². The van der Waals surface area contributed by atoms with Crippen LogP contribution in [0.5, 0.6) is 0 Å². The zero-order valence-electron chi connectivity index (χ0n) is 17.8. The molecule has 10 heteroatoms. The van der Waals surface area contributed by atoms with E-state index < -0.39 is 27.4 Å². The van der Waals surface area contributed by atoms with E-state index in [1.165, 1.54) is 11.8 Å². The second-order valence-corrected chi connectivity index (χ2v) is 12.0. The number of aryl methyl sites for hydroxylation is 2. The summed E-state index contributed by atoms with van der Waals surface area (Å²) in [7, 11) is -3.14. The maximum absolute atomic E-state index is 12.4. The minimum atomic E-state index is -3.14. The number of thioether (sulfide) groups is 1. The minimum Gasteiger partial charge on any atom is -0.444 e. The van der Waals surface area contributed by atoms with Gasteiger partial charge in [0.1, 0.15) is 12.1 Å². The highest BCUT2D eigenvalue weighted by Crippen LogP contribution is 2.42. The van der Waals surface area contributed by atoms with Gasteiger partial charge in [0.25, 0.3) is 5.91 Å². The molecule has 1 aromatic rings. The van der Waals surface area contributed by atoms with E-state index in [4.69, 9.17) is 4.74 Å². The molecule has 0 radical (unpaired) electrons. The number of carbonyl (C=O) groups is 2. The molecule has 0 aromatic heterocycles. The Morgan fingerprint density at radius 3 is 2.63 bits per heavy atom. The highest BCUT2D eigenvalue weighted by atomic mass is 32.2. The maximum Gasteiger partial charge on any atom is 0.408 e. The highest BCUT2D eigenvalue weighted by molar-refractivity contribution is 8.16. The molecule has 1 aromatic carbocycles. The lowest BCUT2D eigenvalue weighted by molar-refractivity contribution is -0.117. The Hall–Kier alpha value is -2.07. The number of alkyl carbamates (subject to hydrolysis) is 1. The molecule has 0 unspecified atom stereocenters. The van der Waals surface area contributed by atoms with Gasteiger partial charge in [-0.2, -0.15) is 4.99 Å². The molecule has 0 aliphatic carbocycles. The third-order valence-electron chi connectivity index (χ3n) is 4.69. The number of hydrogen-bond donors (Lipinski definition) is 1. The van der Waals surface area contributed by atoms with Crippen LogP contribution in [0, 0.1) is 13.8 Å². The predicted octanol–water partition coefficient (Wildman–Crippen LogP) is 2.43. The fourth-order valence-electron chi connectivity index (χ4n) is 3.43. The number of benzene rings is 1. The van der Waals surface area contributed by atoms with Crippen LogP contribution >= 0.6 is 11.8 Å². The largest absolute Gasteiger partial charge is 0.444 e. The van der Waals surface area contributed by atoms with Crippen molar-refractivity contribution in [1.82, 2.24) is 5.32 Å². The SMILES string of the molecule is Cc1ccc(C)c(N2C(=NC(=O)CNC(=O)OC(C)(C)C)S[C@@H]3CS(=O)(=O)C[C@@H]32)c1. The Morgan fingerprint density at radius 2 is 1.97 bits per heavy atom. The van der Waals surface area contributed by atoms with Crippen LogP contribution in [0.4, 0.5) is 10.5 Å². The maximum atomic E-state index is 12.4. The van der Waals surface area contributed by atoms with E-state index in [-0.39, 0.29) is 29.3 Å². The molecule has 2 heterocycles. The van der Waals surface area contributed by atoms with Crippen molar-refractivity contribution >= 4 is 44.5 Å². The third kappa shape index (κ3) is 5.34. The Balaban J connectivity index is 1.83. The Kier molecular flexibility index (Phi) is 6.20. The second kappa shape index (κ2) is 8.22. The van der Waals surface area contributed by atoms with E-state index in [9.17, 15) is 18.0 Å². The first kappa shape index (κ1) is 22.6. The van der Waals surface area contributed by atoms with Crippen LogP contribution in [-0.4, -0.2) is 60.5 Å². The first-order chi connectivity index (χ1) is 13.8. The quantitative estimate of drug-likeness (QED) is 0.749. The summed E-state index contributed by atoms with van der Waals surface area (Å²) in [5.41, 5.74) is 2.18. The Morgan fingerprint density at radius 1 is 1.27 bits per heavy atom. The van der Waals surface area contributed by atoms with Gasteiger partial charge in [-0.05, 0) is 51.8 Å². The van der Waals surface area contributed by atoms with Gasteiger partial charge < -0.3 is 15.0 Å². The molecule has 2 saturated heterocycles. The van der Waals surface area contributed by atoms with Gasteiger partial charge >= 0.3 is 6.09 Å². The molecular weight excluding hydrogens is 426 g/mol. The van der Waals surface area contributed by atoms with Crippen LogP contribution in [0.2, 0.25) is 0 Å². The molecule has 2 atom stereocenters. The van der Waals surface area contributed by atoms with E-state index in [0.717, 1.165) is 16.8 Å². The summed E-state index contributed by atoms with van der Waals surface area (Å²) in [6, 6.07) is 5.65. The highest BCUT2D eigenvalue weighted by Gasteiger charge is 2.49. The summed E-state index contributed by atoms with van der Waals surface area (Å²) in [5.74, 6) is -0.435. The number of rotatable bonds is 3. The Labute approximate surface area is 181 Å². The van der Waals surface area contributed by atoms with Crippen LogP contribution < -0.4 is 10.2 Å². The van der Waals surface area contributed by atoms with E-state index in [1.807, 2.05) is 36.9 Å². The number of ether oxygens (including phenoxy) is 1. The molecule has 2 amide bonds. The minimum absolute atomic E-state index is 0.0292. The lowest BCUT2D eigenvalue weighted by Crippen LogP contribution is -2.39. The molecule has 0 saturated carbocycles. The summed E-state index contributed by atoms with van der Waals surface area (Å²) >= 11 is 1.31. The summed E-state index contributed by atoms with van der Waals surface area (Å²) < 4.78 is 29.5. The number of carbonyl (C=O) groups excluding carboxylic acids is 2. The van der Waals surface area contributed by atoms with Gasteiger partial charge in [-0.1, -0.05) is 23.9 Å². The number of amides is 2. The van der Waals surface area contributed by atoms with Crippen LogP contribution in [0.15, 0.2) is 23.2 Å². The first-order valence-electron chi connectivity index (χ1n) is 9.66. The zero-order valence-corrected chi connectivity index (χ0v) is 19.4. The lowest BCUT2D eigenvalue weighted by atomic mass is 10.1. The molecule has 2 aliphatic heterocycles. The van der Waals surface area contributed by atoms with Crippen molar-refractivity contribution in [3.63, 3.8) is 0 Å². The van der Waals surface area contributed by atoms with Gasteiger partial charge in [0, 0.05) is 10.9 Å². The fourth-order valence-corrected chi connectivity index (χ4v) is 7.36. The summed E-state index contributed by atoms with van der Waals surface area (Å²) in [6.45, 7) is 8.81. The summed E-state index contributed by atoms with van der Waals surface area (Å²) in [5, 5.41) is 2.69. The van der Waals surface area contributed by atoms with Crippen LogP contribution in [0.1, 0.15) is 31.9 Å². The number of sulfone groups is 1. The number of fused-ring (bicyclic) bond motifs is 1. The standard InChI is InChI=1S/C20H27N3O5S2/c1-12-6-7-13(2)14(8-12)23-15-10-30(26,27)11-16(15)29-18(23)22-17(24)9-21-19(25)28-20(3,4)5/h6-8,15-16H,9-11H2,1-5H3,(H,21,25)/t15-,16+/m0/s1. The van der Waals surface area contributed by atoms with Crippen molar-refractivity contribution in [1.29, 1.82) is 0 Å². The number of anilines is 1. The number of nitrogens with one attached hydrogen (secondary N) is 1. The summed E-state index contributed by atoms with van der Waals surface area (Å²) in [4.78, 5) is 30.3. The molecule has 3 rings (SSSR count). The molecule has 2 aliphatic rings. The Bertz CT molecular complexity index is 998. The van der Waals surface area contributed by atoms with Crippen molar-refractivity contribution in [3.8, 4) is 0 Å². The number of hydrogen-bond acceptors (Lipinski definition) is 6. The van der Waals surface area contributed by atoms with Crippen molar-refractivity contribution in [2.45, 2.75) is 51.5 Å². The normalized spacial score (nSPS) is 24.0. The second-order valence-electron chi connectivity index (χ2n) is 8.60. The monoisotopic (exact) mass is 453 g/mol. The van der Waals surface area contributed by atoms with Gasteiger partial charge in [-0.25, -0.2) is 13.2 Å². The van der Waals surface area contributed by atoms with E-state index in [1.54, 1.807) is 20.8 Å². The van der Waals surface area contributed by atoms with Crippen molar-refractivity contribution in [2.75, 3.05) is 23.0 Å². The first-order valence-corrected chi connectivity index (χ1v) is 12.4. The smallest absolute Gasteiger partial charge is 0.408 e. The van der Waals surface area contributed by atoms with Crippen molar-refractivity contribution < 1.29 is 22.7 Å². The van der Waals surface area contributed by atoms with Gasteiger partial charge in [-0.3, -0.25) is 4.79 Å². The van der Waals surface area contributed by atoms with Gasteiger partial charge in [0.15, 0.2) is 15.0 Å². The summed E-state index contributed by atoms with van der Waals surface area (Å²) in [6.07, 6.45) is -0.690. The van der Waals surface area contributed by atoms with Crippen LogP contribution in [0.3, 0.4) is 0 Å². The molecule has 164 valence electrons. The van der Waals surface area contributed by atoms with Gasteiger partial charge in [-0.15, -0.1) is 0 Å². The zero-order chi connectivity index (χ0) is 22.3. The molecule has 2 fully saturated rings. The van der Waals surface area contributed by atoms with Crippen LogP contribution in [-0.2, 0) is 19.4 Å². The van der Waals surface area contributed by atoms with Crippen molar-refractivity contribution in [3.05, 3.63) is 29.3 Å². The lowest BCUT2D eigenvalue weighted by Gasteiger charge is -2.26. The van der Waals surface area contributed by atoms with E-state index in [2.05, 4.69) is 10.3 Å². The van der Waals surface area contributed by atoms with Crippen LogP contribution in [0.25, 0.3) is 0 Å². The predicted molar refractivity (Wildman–Crippen MR) is 119 cm³/mol. The topological polar surface area (TPSA) is 105 Å². The van der Waals surface area contributed by atoms with E-state index in [0.29, 0.717) is 5.17 Å². The molecule has 0 bridgehead atoms. The average molecular weight is 454 g/mol. The number of aliphatic imine (C=N–C) groups is 1. The number of nitrogens with zero attached hydrogens (tertiary/aromatic N) is 2. The average Bonchev–Trinajstić information content (AvgIpc) is 3.04. The molecule has 1 N–H and O–H groups in total. The molecule has 8 nitrogen and oxygen atoms in total. The molecular formula is C20H27N3O5S2. The molecule has 0 spiro atoms.